The van der Waals surface area contributed by atoms with Gasteiger partial charge in [-0.25, -0.2) is 4.39 Å². The molecule has 0 saturated carbocycles. The Balaban J connectivity index is 1.50. The second kappa shape index (κ2) is 7.75. The Morgan fingerprint density at radius 1 is 1.10 bits per heavy atom. The smallest absolute Gasteiger partial charge is 0.231 e. The van der Waals surface area contributed by atoms with Gasteiger partial charge in [-0.2, -0.15) is 0 Å². The van der Waals surface area contributed by atoms with Crippen LogP contribution in [0.4, 0.5) is 15.8 Å². The molecule has 1 aromatic carbocycles. The second-order valence-electron chi connectivity index (χ2n) is 8.86. The van der Waals surface area contributed by atoms with Crippen LogP contribution < -0.4 is 9.64 Å². The topological polar surface area (TPSA) is 45.7 Å². The maximum atomic E-state index is 13.6. The molecular formula is C23H28FN3O2. The first-order valence-corrected chi connectivity index (χ1v) is 10.3. The number of nitrogens with zero attached hydrogens (tertiary/aromatic N) is 3. The number of halogens is 1. The predicted octanol–water partition coefficient (Wildman–Crippen LogP) is 4.47. The molecule has 1 saturated heterocycles. The summed E-state index contributed by atoms with van der Waals surface area (Å²) in [5.74, 6) is 0.335. The summed E-state index contributed by atoms with van der Waals surface area (Å²) in [5.41, 5.74) is 2.47. The number of ether oxygens (including phenoxy) is 1. The lowest BCUT2D eigenvalue weighted by Crippen LogP contribution is -2.48. The number of amides is 1. The molecule has 29 heavy (non-hydrogen) atoms. The summed E-state index contributed by atoms with van der Waals surface area (Å²) in [6, 6.07) is 7.18. The van der Waals surface area contributed by atoms with E-state index in [1.807, 2.05) is 18.2 Å². The van der Waals surface area contributed by atoms with Crippen LogP contribution >= 0.6 is 0 Å². The molecule has 3 heterocycles. The van der Waals surface area contributed by atoms with Crippen LogP contribution in [0.25, 0.3) is 0 Å². The van der Waals surface area contributed by atoms with Crippen molar-refractivity contribution in [3.63, 3.8) is 0 Å². The molecule has 0 N–H and O–H groups in total. The Hall–Kier alpha value is -2.47. The van der Waals surface area contributed by atoms with Gasteiger partial charge in [-0.15, -0.1) is 0 Å². The molecule has 0 aliphatic carbocycles. The van der Waals surface area contributed by atoms with E-state index in [9.17, 15) is 9.18 Å². The summed E-state index contributed by atoms with van der Waals surface area (Å²) in [5, 5.41) is 0. The molecule has 2 aliphatic heterocycles. The third kappa shape index (κ3) is 4.27. The zero-order valence-electron chi connectivity index (χ0n) is 17.3. The molecule has 1 aromatic heterocycles. The zero-order valence-corrected chi connectivity index (χ0v) is 17.3. The molecule has 1 amide bonds. The molecule has 0 bridgehead atoms. The molecular weight excluding hydrogens is 369 g/mol. The molecule has 6 heteroatoms. The number of benzene rings is 1. The Kier molecular flexibility index (Phi) is 5.30. The number of likely N-dealkylation sites (tertiary alicyclic amines) is 1. The minimum Gasteiger partial charge on any atom is -0.490 e. The van der Waals surface area contributed by atoms with Gasteiger partial charge in [0, 0.05) is 31.1 Å². The van der Waals surface area contributed by atoms with Gasteiger partial charge in [0.05, 0.1) is 23.8 Å². The monoisotopic (exact) mass is 397 g/mol. The number of carbonyl (C=O) groups is 1. The molecule has 0 radical (unpaired) electrons. The molecule has 1 fully saturated rings. The average molecular weight is 397 g/mol. The quantitative estimate of drug-likeness (QED) is 0.766. The van der Waals surface area contributed by atoms with Crippen LogP contribution in [-0.4, -0.2) is 40.5 Å². The average Bonchev–Trinajstić information content (AvgIpc) is 2.68. The standard InChI is InChI=1S/C23H28FN3O2/c1-23(2,3)26-10-8-19(9-11-26)29-20-5-6-21-16(12-20)4-7-22(28)27(21)18-13-17(24)14-25-15-18/h5-6,12-15,19H,4,7-11H2,1-3H3. The maximum Gasteiger partial charge on any atom is 0.231 e. The van der Waals surface area contributed by atoms with Crippen molar-refractivity contribution >= 4 is 17.3 Å². The molecule has 0 unspecified atom stereocenters. The van der Waals surface area contributed by atoms with Gasteiger partial charge in [0.25, 0.3) is 0 Å². The van der Waals surface area contributed by atoms with Crippen LogP contribution in [0.5, 0.6) is 5.75 Å². The minimum atomic E-state index is -0.455. The maximum absolute atomic E-state index is 13.6. The van der Waals surface area contributed by atoms with Crippen molar-refractivity contribution in [2.45, 2.75) is 58.1 Å². The van der Waals surface area contributed by atoms with E-state index in [4.69, 9.17) is 4.74 Å². The number of rotatable bonds is 3. The van der Waals surface area contributed by atoms with Crippen LogP contribution in [-0.2, 0) is 11.2 Å². The third-order valence-electron chi connectivity index (χ3n) is 5.79. The number of carbonyl (C=O) groups excluding carboxylic acids is 1. The highest BCUT2D eigenvalue weighted by Gasteiger charge is 2.29. The minimum absolute atomic E-state index is 0.0480. The summed E-state index contributed by atoms with van der Waals surface area (Å²) in [4.78, 5) is 20.5. The van der Waals surface area contributed by atoms with Gasteiger partial charge in [-0.3, -0.25) is 19.6 Å². The number of fused-ring (bicyclic) bond motifs is 1. The number of anilines is 2. The number of hydrogen-bond acceptors (Lipinski definition) is 4. The van der Waals surface area contributed by atoms with E-state index >= 15 is 0 Å². The first-order valence-electron chi connectivity index (χ1n) is 10.3. The summed E-state index contributed by atoms with van der Waals surface area (Å²) in [6.45, 7) is 8.82. The van der Waals surface area contributed by atoms with Crippen LogP contribution in [0.1, 0.15) is 45.6 Å². The second-order valence-corrected chi connectivity index (χ2v) is 8.86. The lowest BCUT2D eigenvalue weighted by molar-refractivity contribution is -0.118. The van der Waals surface area contributed by atoms with E-state index < -0.39 is 5.82 Å². The molecule has 0 atom stereocenters. The SMILES string of the molecule is CC(C)(C)N1CCC(Oc2ccc3c(c2)CCC(=O)N3c2cncc(F)c2)CC1. The van der Waals surface area contributed by atoms with Crippen molar-refractivity contribution in [3.8, 4) is 5.75 Å². The van der Waals surface area contributed by atoms with Crippen LogP contribution in [0, 0.1) is 5.82 Å². The number of piperidine rings is 1. The fraction of sp³-hybridized carbons (Fsp3) is 0.478. The van der Waals surface area contributed by atoms with Gasteiger partial charge in [0.1, 0.15) is 17.7 Å². The van der Waals surface area contributed by atoms with Gasteiger partial charge in [-0.1, -0.05) is 0 Å². The Morgan fingerprint density at radius 3 is 2.55 bits per heavy atom. The highest BCUT2D eigenvalue weighted by molar-refractivity contribution is 6.03. The molecule has 4 rings (SSSR count). The first kappa shape index (κ1) is 19.8. The van der Waals surface area contributed by atoms with Crippen molar-refractivity contribution in [2.24, 2.45) is 0 Å². The lowest BCUT2D eigenvalue weighted by Gasteiger charge is -2.40. The van der Waals surface area contributed by atoms with Gasteiger partial charge < -0.3 is 4.74 Å². The van der Waals surface area contributed by atoms with Gasteiger partial charge in [-0.05, 0) is 63.8 Å². The molecule has 0 spiro atoms. The van der Waals surface area contributed by atoms with E-state index in [0.29, 0.717) is 18.5 Å². The van der Waals surface area contributed by atoms with Gasteiger partial charge in [0.2, 0.25) is 5.91 Å². The largest absolute Gasteiger partial charge is 0.490 e. The number of aromatic nitrogens is 1. The summed E-state index contributed by atoms with van der Waals surface area (Å²) in [6.07, 6.45) is 5.93. The Labute approximate surface area is 171 Å². The zero-order chi connectivity index (χ0) is 20.6. The fourth-order valence-corrected chi connectivity index (χ4v) is 4.18. The fourth-order valence-electron chi connectivity index (χ4n) is 4.18. The highest BCUT2D eigenvalue weighted by atomic mass is 19.1. The molecule has 154 valence electrons. The third-order valence-corrected chi connectivity index (χ3v) is 5.79. The Morgan fingerprint density at radius 2 is 1.86 bits per heavy atom. The molecule has 2 aromatic rings. The lowest BCUT2D eigenvalue weighted by atomic mass is 9.99. The predicted molar refractivity (Wildman–Crippen MR) is 111 cm³/mol. The number of hydrogen-bond donors (Lipinski definition) is 0. The van der Waals surface area contributed by atoms with Crippen molar-refractivity contribution in [2.75, 3.05) is 18.0 Å². The summed E-state index contributed by atoms with van der Waals surface area (Å²) < 4.78 is 19.9. The normalized spacial score (nSPS) is 18.6. The van der Waals surface area contributed by atoms with Crippen LogP contribution in [0.3, 0.4) is 0 Å². The summed E-state index contributed by atoms with van der Waals surface area (Å²) in [7, 11) is 0. The van der Waals surface area contributed by atoms with E-state index in [1.54, 1.807) is 4.90 Å². The van der Waals surface area contributed by atoms with Gasteiger partial charge >= 0.3 is 0 Å². The first-order chi connectivity index (χ1) is 13.8. The van der Waals surface area contributed by atoms with Crippen molar-refractivity contribution < 1.29 is 13.9 Å². The van der Waals surface area contributed by atoms with E-state index in [1.165, 1.54) is 12.3 Å². The molecule has 5 nitrogen and oxygen atoms in total. The van der Waals surface area contributed by atoms with E-state index in [0.717, 1.165) is 49.1 Å². The van der Waals surface area contributed by atoms with E-state index in [-0.39, 0.29) is 17.6 Å². The highest BCUT2D eigenvalue weighted by Crippen LogP contribution is 2.36. The van der Waals surface area contributed by atoms with Crippen molar-refractivity contribution in [1.29, 1.82) is 0 Å². The van der Waals surface area contributed by atoms with Crippen LogP contribution in [0.2, 0.25) is 0 Å². The number of pyridine rings is 1. The summed E-state index contributed by atoms with van der Waals surface area (Å²) >= 11 is 0. The van der Waals surface area contributed by atoms with Crippen molar-refractivity contribution in [3.05, 3.63) is 48.0 Å². The van der Waals surface area contributed by atoms with Crippen molar-refractivity contribution in [1.82, 2.24) is 9.88 Å². The van der Waals surface area contributed by atoms with Gasteiger partial charge in [0.15, 0.2) is 0 Å². The Bertz CT molecular complexity index is 901. The number of aryl methyl sites for hydroxylation is 1. The van der Waals surface area contributed by atoms with Crippen LogP contribution in [0.15, 0.2) is 36.7 Å². The van der Waals surface area contributed by atoms with E-state index in [2.05, 4.69) is 30.7 Å². The molecule has 2 aliphatic rings.